The molecule has 20 heavy (non-hydrogen) atoms. The molecule has 2 rings (SSSR count). The van der Waals surface area contributed by atoms with E-state index in [0.717, 1.165) is 39.0 Å². The molecule has 1 atom stereocenters. The number of rotatable bonds is 7. The van der Waals surface area contributed by atoms with Gasteiger partial charge in [0.05, 0.1) is 0 Å². The molecule has 4 nitrogen and oxygen atoms in total. The normalized spacial score (nSPS) is 16.6. The molecular formula is C16H24N2O2. The van der Waals surface area contributed by atoms with Crippen molar-refractivity contribution in [3.63, 3.8) is 0 Å². The van der Waals surface area contributed by atoms with Gasteiger partial charge < -0.3 is 10.4 Å². The van der Waals surface area contributed by atoms with Crippen molar-refractivity contribution in [2.24, 2.45) is 0 Å². The molecule has 1 aromatic rings. The predicted molar refractivity (Wildman–Crippen MR) is 79.8 cm³/mol. The van der Waals surface area contributed by atoms with Gasteiger partial charge in [-0.3, -0.25) is 9.69 Å². The van der Waals surface area contributed by atoms with Crippen molar-refractivity contribution < 1.29 is 9.90 Å². The lowest BCUT2D eigenvalue weighted by Gasteiger charge is -2.29. The molecule has 0 amide bonds. The number of aliphatic carboxylic acids is 1. The maximum atomic E-state index is 11.2. The van der Waals surface area contributed by atoms with Crippen LogP contribution in [0.1, 0.15) is 30.9 Å². The summed E-state index contributed by atoms with van der Waals surface area (Å²) in [5, 5.41) is 12.3. The summed E-state index contributed by atoms with van der Waals surface area (Å²) in [5.41, 5.74) is 2.81. The second-order valence-electron chi connectivity index (χ2n) is 5.43. The lowest BCUT2D eigenvalue weighted by Crippen LogP contribution is -2.41. The number of carbonyl (C=O) groups is 1. The molecule has 0 bridgehead atoms. The van der Waals surface area contributed by atoms with E-state index in [4.69, 9.17) is 0 Å². The van der Waals surface area contributed by atoms with Crippen molar-refractivity contribution >= 4 is 5.97 Å². The number of nitrogens with zero attached hydrogens (tertiary/aromatic N) is 1. The first kappa shape index (κ1) is 15.0. The highest BCUT2D eigenvalue weighted by molar-refractivity contribution is 5.73. The average Bonchev–Trinajstić information content (AvgIpc) is 2.46. The van der Waals surface area contributed by atoms with E-state index in [2.05, 4.69) is 34.5 Å². The van der Waals surface area contributed by atoms with Crippen LogP contribution in [-0.4, -0.2) is 41.7 Å². The molecule has 0 aliphatic carbocycles. The van der Waals surface area contributed by atoms with Crippen LogP contribution in [0.3, 0.4) is 0 Å². The molecule has 0 saturated heterocycles. The minimum atomic E-state index is -0.740. The first-order valence-corrected chi connectivity index (χ1v) is 7.46. The molecule has 0 spiro atoms. The van der Waals surface area contributed by atoms with E-state index in [1.54, 1.807) is 0 Å². The molecule has 4 heteroatoms. The van der Waals surface area contributed by atoms with E-state index in [9.17, 15) is 9.90 Å². The Kier molecular flexibility index (Phi) is 5.56. The summed E-state index contributed by atoms with van der Waals surface area (Å²) in [4.78, 5) is 13.5. The maximum absolute atomic E-state index is 11.2. The van der Waals surface area contributed by atoms with Gasteiger partial charge in [-0.1, -0.05) is 31.2 Å². The number of hydrogen-bond acceptors (Lipinski definition) is 3. The topological polar surface area (TPSA) is 52.6 Å². The summed E-state index contributed by atoms with van der Waals surface area (Å²) in [6, 6.07) is 8.10. The zero-order valence-corrected chi connectivity index (χ0v) is 12.1. The standard InChI is InChI=1S/C16H24N2O2/c1-2-9-17-15(16(19)20)8-11-18-10-7-13-5-3-4-6-14(13)12-18/h3-6,15,17H,2,7-12H2,1H3,(H,19,20). The van der Waals surface area contributed by atoms with E-state index in [1.165, 1.54) is 11.1 Å². The highest BCUT2D eigenvalue weighted by atomic mass is 16.4. The Morgan fingerprint density at radius 3 is 2.85 bits per heavy atom. The molecule has 0 radical (unpaired) electrons. The molecule has 1 heterocycles. The van der Waals surface area contributed by atoms with Gasteiger partial charge in [0.15, 0.2) is 0 Å². The summed E-state index contributed by atoms with van der Waals surface area (Å²) >= 11 is 0. The average molecular weight is 276 g/mol. The van der Waals surface area contributed by atoms with Crippen LogP contribution in [0.5, 0.6) is 0 Å². The minimum absolute atomic E-state index is 0.424. The first-order valence-electron chi connectivity index (χ1n) is 7.46. The Hall–Kier alpha value is -1.39. The van der Waals surface area contributed by atoms with Crippen LogP contribution in [0, 0.1) is 0 Å². The van der Waals surface area contributed by atoms with Crippen LogP contribution in [-0.2, 0) is 17.8 Å². The zero-order chi connectivity index (χ0) is 14.4. The third-order valence-electron chi connectivity index (χ3n) is 3.88. The van der Waals surface area contributed by atoms with Gasteiger partial charge in [0.1, 0.15) is 6.04 Å². The van der Waals surface area contributed by atoms with E-state index in [0.29, 0.717) is 6.42 Å². The van der Waals surface area contributed by atoms with Crippen LogP contribution in [0.4, 0.5) is 0 Å². The third kappa shape index (κ3) is 4.05. The predicted octanol–water partition coefficient (Wildman–Crippen LogP) is 1.89. The Morgan fingerprint density at radius 1 is 1.40 bits per heavy atom. The van der Waals surface area contributed by atoms with Gasteiger partial charge in [-0.05, 0) is 36.9 Å². The summed E-state index contributed by atoms with van der Waals surface area (Å²) in [6.45, 7) is 5.61. The second kappa shape index (κ2) is 7.41. The van der Waals surface area contributed by atoms with Crippen molar-refractivity contribution in [2.45, 2.75) is 38.8 Å². The number of nitrogens with one attached hydrogen (secondary N) is 1. The minimum Gasteiger partial charge on any atom is -0.480 e. The van der Waals surface area contributed by atoms with Crippen molar-refractivity contribution in [3.8, 4) is 0 Å². The van der Waals surface area contributed by atoms with Gasteiger partial charge in [-0.2, -0.15) is 0 Å². The number of fused-ring (bicyclic) bond motifs is 1. The summed E-state index contributed by atoms with van der Waals surface area (Å²) in [7, 11) is 0. The van der Waals surface area contributed by atoms with E-state index >= 15 is 0 Å². The van der Waals surface area contributed by atoms with Crippen LogP contribution in [0.2, 0.25) is 0 Å². The fourth-order valence-corrected chi connectivity index (χ4v) is 2.69. The van der Waals surface area contributed by atoms with Gasteiger partial charge in [0.25, 0.3) is 0 Å². The lowest BCUT2D eigenvalue weighted by molar-refractivity contribution is -0.139. The van der Waals surface area contributed by atoms with Gasteiger partial charge in [-0.25, -0.2) is 0 Å². The molecule has 1 unspecified atom stereocenters. The van der Waals surface area contributed by atoms with E-state index in [-0.39, 0.29) is 0 Å². The first-order chi connectivity index (χ1) is 9.70. The zero-order valence-electron chi connectivity index (χ0n) is 12.1. The monoisotopic (exact) mass is 276 g/mol. The quantitative estimate of drug-likeness (QED) is 0.798. The van der Waals surface area contributed by atoms with Gasteiger partial charge in [-0.15, -0.1) is 0 Å². The summed E-state index contributed by atoms with van der Waals surface area (Å²) in [6.07, 6.45) is 2.69. The van der Waals surface area contributed by atoms with E-state index in [1.807, 2.05) is 6.92 Å². The molecule has 1 aromatic carbocycles. The smallest absolute Gasteiger partial charge is 0.320 e. The highest BCUT2D eigenvalue weighted by Gasteiger charge is 2.20. The molecule has 1 aliphatic heterocycles. The highest BCUT2D eigenvalue weighted by Crippen LogP contribution is 2.18. The number of hydrogen-bond donors (Lipinski definition) is 2. The molecule has 2 N–H and O–H groups in total. The Balaban J connectivity index is 1.84. The number of carboxylic acids is 1. The molecule has 0 fully saturated rings. The molecule has 0 saturated carbocycles. The fourth-order valence-electron chi connectivity index (χ4n) is 2.69. The van der Waals surface area contributed by atoms with Crippen LogP contribution >= 0.6 is 0 Å². The Labute approximate surface area is 120 Å². The van der Waals surface area contributed by atoms with Crippen molar-refractivity contribution in [1.82, 2.24) is 10.2 Å². The van der Waals surface area contributed by atoms with Gasteiger partial charge in [0, 0.05) is 19.6 Å². The second-order valence-corrected chi connectivity index (χ2v) is 5.43. The lowest BCUT2D eigenvalue weighted by atomic mass is 9.99. The SMILES string of the molecule is CCCNC(CCN1CCc2ccccc2C1)C(=O)O. The van der Waals surface area contributed by atoms with Crippen LogP contribution in [0.25, 0.3) is 0 Å². The van der Waals surface area contributed by atoms with Crippen molar-refractivity contribution in [3.05, 3.63) is 35.4 Å². The Morgan fingerprint density at radius 2 is 2.15 bits per heavy atom. The Bertz CT molecular complexity index is 448. The molecule has 0 aromatic heterocycles. The maximum Gasteiger partial charge on any atom is 0.320 e. The molecule has 1 aliphatic rings. The summed E-state index contributed by atoms with van der Waals surface area (Å²) in [5.74, 6) is -0.740. The van der Waals surface area contributed by atoms with Crippen LogP contribution < -0.4 is 5.32 Å². The van der Waals surface area contributed by atoms with Crippen molar-refractivity contribution in [1.29, 1.82) is 0 Å². The molecule has 110 valence electrons. The van der Waals surface area contributed by atoms with Gasteiger partial charge in [0.2, 0.25) is 0 Å². The van der Waals surface area contributed by atoms with Crippen molar-refractivity contribution in [2.75, 3.05) is 19.6 Å². The van der Waals surface area contributed by atoms with Gasteiger partial charge >= 0.3 is 5.97 Å². The number of benzene rings is 1. The fraction of sp³-hybridized carbons (Fsp3) is 0.562. The molecular weight excluding hydrogens is 252 g/mol. The van der Waals surface area contributed by atoms with Crippen LogP contribution in [0.15, 0.2) is 24.3 Å². The largest absolute Gasteiger partial charge is 0.480 e. The number of carboxylic acid groups (broad SMARTS) is 1. The van der Waals surface area contributed by atoms with E-state index < -0.39 is 12.0 Å². The third-order valence-corrected chi connectivity index (χ3v) is 3.88. The summed E-state index contributed by atoms with van der Waals surface area (Å²) < 4.78 is 0.